The molecular weight excluding hydrogens is 685 g/mol. The second-order valence-corrected chi connectivity index (χ2v) is 11.5. The van der Waals surface area contributed by atoms with E-state index in [-0.39, 0.29) is 11.3 Å². The van der Waals surface area contributed by atoms with Crippen LogP contribution in [-0.2, 0) is 12.0 Å². The Kier molecular flexibility index (Phi) is 9.05. The van der Waals surface area contributed by atoms with Crippen LogP contribution in [0.15, 0.2) is 59.7 Å². The lowest BCUT2D eigenvalue weighted by atomic mass is 9.87. The highest BCUT2D eigenvalue weighted by Crippen LogP contribution is 2.30. The Morgan fingerprint density at radius 1 is 1.03 bits per heavy atom. The number of nitrogens with one attached hydrogen (secondary N) is 1. The maximum Gasteiger partial charge on any atom is 0.271 e. The van der Waals surface area contributed by atoms with Crippen LogP contribution < -0.4 is 10.2 Å². The van der Waals surface area contributed by atoms with Gasteiger partial charge in [-0.15, -0.1) is 0 Å². The van der Waals surface area contributed by atoms with Crippen molar-refractivity contribution in [3.63, 3.8) is 0 Å². The van der Waals surface area contributed by atoms with Gasteiger partial charge in [-0.05, 0) is 98.1 Å². The summed E-state index contributed by atoms with van der Waals surface area (Å²) < 4.78 is 7.86. The van der Waals surface area contributed by atoms with Crippen molar-refractivity contribution in [2.24, 2.45) is 5.10 Å². The monoisotopic (exact) mass is 706 g/mol. The highest BCUT2D eigenvalue weighted by molar-refractivity contribution is 14.1. The molecule has 0 aromatic heterocycles. The van der Waals surface area contributed by atoms with E-state index >= 15 is 0 Å². The number of ether oxygens (including phenoxy) is 1. The molecule has 0 unspecified atom stereocenters. The minimum atomic E-state index is -0.254. The molecule has 0 radical (unpaired) electrons. The van der Waals surface area contributed by atoms with E-state index < -0.39 is 0 Å². The molecule has 33 heavy (non-hydrogen) atoms. The SMILES string of the molecule is CC(C)(C)c1ccc(C(=O)N/N=C\c2cc(I)c(OCc3ccc(Cl)cc3Cl)c(I)c2)cc1. The Balaban J connectivity index is 1.64. The molecule has 4 nitrogen and oxygen atoms in total. The molecule has 3 rings (SSSR count). The number of hydrazone groups is 1. The van der Waals surface area contributed by atoms with Crippen molar-refractivity contribution in [1.82, 2.24) is 5.43 Å². The first-order valence-corrected chi connectivity index (χ1v) is 13.0. The van der Waals surface area contributed by atoms with Gasteiger partial charge >= 0.3 is 0 Å². The Labute approximate surface area is 231 Å². The van der Waals surface area contributed by atoms with Crippen LogP contribution in [0, 0.1) is 7.14 Å². The molecule has 1 amide bonds. The average molecular weight is 707 g/mol. The van der Waals surface area contributed by atoms with Crippen molar-refractivity contribution < 1.29 is 9.53 Å². The molecule has 3 aromatic carbocycles. The van der Waals surface area contributed by atoms with Gasteiger partial charge in [0.2, 0.25) is 0 Å². The van der Waals surface area contributed by atoms with E-state index in [1.807, 2.05) is 42.5 Å². The lowest BCUT2D eigenvalue weighted by Gasteiger charge is -2.18. The fourth-order valence-electron chi connectivity index (χ4n) is 2.93. The fraction of sp³-hybridized carbons (Fsp3) is 0.200. The van der Waals surface area contributed by atoms with Crippen LogP contribution in [0.1, 0.15) is 47.8 Å². The molecule has 172 valence electrons. The number of rotatable bonds is 6. The van der Waals surface area contributed by atoms with Crippen LogP contribution in [-0.4, -0.2) is 12.1 Å². The van der Waals surface area contributed by atoms with Crippen LogP contribution in [0.2, 0.25) is 10.0 Å². The molecule has 8 heteroatoms. The summed E-state index contributed by atoms with van der Waals surface area (Å²) in [7, 11) is 0. The first kappa shape index (κ1) is 26.2. The number of halogens is 4. The highest BCUT2D eigenvalue weighted by atomic mass is 127. The third kappa shape index (κ3) is 7.31. The molecule has 0 aliphatic rings. The summed E-state index contributed by atoms with van der Waals surface area (Å²) in [6.07, 6.45) is 1.62. The normalized spacial score (nSPS) is 11.6. The topological polar surface area (TPSA) is 50.7 Å². The van der Waals surface area contributed by atoms with Gasteiger partial charge < -0.3 is 4.74 Å². The smallest absolute Gasteiger partial charge is 0.271 e. The minimum absolute atomic E-state index is 0.0401. The van der Waals surface area contributed by atoms with Crippen molar-refractivity contribution >= 4 is 80.5 Å². The fourth-order valence-corrected chi connectivity index (χ4v) is 5.52. The standard InChI is InChI=1S/C25H22Cl2I2N2O2/c1-25(2,3)18-7-4-16(5-8-18)24(32)31-30-13-15-10-21(28)23(22(29)11-15)33-14-17-6-9-19(26)12-20(17)27/h4-13H,14H2,1-3H3,(H,31,32)/b30-13-. The molecule has 0 fully saturated rings. The number of amides is 1. The predicted molar refractivity (Wildman–Crippen MR) is 153 cm³/mol. The van der Waals surface area contributed by atoms with Gasteiger partial charge in [-0.2, -0.15) is 5.10 Å². The maximum absolute atomic E-state index is 12.4. The van der Waals surface area contributed by atoms with E-state index in [0.29, 0.717) is 22.2 Å². The van der Waals surface area contributed by atoms with Gasteiger partial charge in [-0.25, -0.2) is 5.43 Å². The van der Waals surface area contributed by atoms with Gasteiger partial charge in [0.15, 0.2) is 0 Å². The Bertz CT molecular complexity index is 1170. The molecule has 0 atom stereocenters. The van der Waals surface area contributed by atoms with Crippen LogP contribution in [0.4, 0.5) is 0 Å². The highest BCUT2D eigenvalue weighted by Gasteiger charge is 2.14. The maximum atomic E-state index is 12.4. The van der Waals surface area contributed by atoms with Crippen LogP contribution in [0.5, 0.6) is 5.75 Å². The largest absolute Gasteiger partial charge is 0.487 e. The Morgan fingerprint density at radius 3 is 2.24 bits per heavy atom. The van der Waals surface area contributed by atoms with Gasteiger partial charge in [-0.1, -0.05) is 62.2 Å². The van der Waals surface area contributed by atoms with E-state index in [0.717, 1.165) is 24.0 Å². The van der Waals surface area contributed by atoms with Crippen molar-refractivity contribution in [3.8, 4) is 5.75 Å². The van der Waals surface area contributed by atoms with Gasteiger partial charge in [0.1, 0.15) is 12.4 Å². The van der Waals surface area contributed by atoms with Gasteiger partial charge in [0.25, 0.3) is 5.91 Å². The van der Waals surface area contributed by atoms with Crippen LogP contribution >= 0.6 is 68.4 Å². The summed E-state index contributed by atoms with van der Waals surface area (Å²) in [5, 5.41) is 5.27. The molecule has 3 aromatic rings. The van der Waals surface area contributed by atoms with E-state index in [1.54, 1.807) is 18.3 Å². The zero-order chi connectivity index (χ0) is 24.2. The summed E-state index contributed by atoms with van der Waals surface area (Å²) in [5.41, 5.74) is 6.07. The first-order valence-electron chi connectivity index (χ1n) is 10.0. The van der Waals surface area contributed by atoms with E-state index in [4.69, 9.17) is 27.9 Å². The molecule has 0 aliphatic heterocycles. The number of carbonyl (C=O) groups excluding carboxylic acids is 1. The molecule has 0 bridgehead atoms. The molecule has 0 aliphatic carbocycles. The third-order valence-corrected chi connectivity index (χ3v) is 6.99. The summed E-state index contributed by atoms with van der Waals surface area (Å²) in [6, 6.07) is 16.8. The van der Waals surface area contributed by atoms with E-state index in [1.165, 1.54) is 5.56 Å². The molecule has 0 heterocycles. The van der Waals surface area contributed by atoms with Crippen LogP contribution in [0.3, 0.4) is 0 Å². The number of hydrogen-bond acceptors (Lipinski definition) is 3. The van der Waals surface area contributed by atoms with E-state index in [9.17, 15) is 4.79 Å². The second kappa shape index (κ2) is 11.4. The third-order valence-electron chi connectivity index (χ3n) is 4.80. The number of benzene rings is 3. The first-order chi connectivity index (χ1) is 15.5. The Morgan fingerprint density at radius 2 is 1.67 bits per heavy atom. The Hall–Kier alpha value is -1.36. The summed E-state index contributed by atoms with van der Waals surface area (Å²) in [5.74, 6) is 0.512. The van der Waals surface area contributed by atoms with Crippen molar-refractivity contribution in [2.75, 3.05) is 0 Å². The lowest BCUT2D eigenvalue weighted by molar-refractivity contribution is 0.0955. The van der Waals surface area contributed by atoms with Crippen molar-refractivity contribution in [2.45, 2.75) is 32.8 Å². The zero-order valence-electron chi connectivity index (χ0n) is 18.3. The number of nitrogens with zero attached hydrogens (tertiary/aromatic N) is 1. The zero-order valence-corrected chi connectivity index (χ0v) is 24.1. The lowest BCUT2D eigenvalue weighted by Crippen LogP contribution is -2.18. The summed E-state index contributed by atoms with van der Waals surface area (Å²) in [6.45, 7) is 6.74. The predicted octanol–water partition coefficient (Wildman–Crippen LogP) is 7.84. The summed E-state index contributed by atoms with van der Waals surface area (Å²) >= 11 is 16.6. The number of carbonyl (C=O) groups is 1. The van der Waals surface area contributed by atoms with Gasteiger partial charge in [0, 0.05) is 21.2 Å². The van der Waals surface area contributed by atoms with Crippen molar-refractivity contribution in [3.05, 3.63) is 94.0 Å². The van der Waals surface area contributed by atoms with Crippen LogP contribution in [0.25, 0.3) is 0 Å². The molecular formula is C25H22Cl2I2N2O2. The van der Waals surface area contributed by atoms with Gasteiger partial charge in [-0.3, -0.25) is 4.79 Å². The van der Waals surface area contributed by atoms with Gasteiger partial charge in [0.05, 0.1) is 13.4 Å². The van der Waals surface area contributed by atoms with Crippen molar-refractivity contribution in [1.29, 1.82) is 0 Å². The molecule has 0 saturated heterocycles. The quantitative estimate of drug-likeness (QED) is 0.161. The van der Waals surface area contributed by atoms with E-state index in [2.05, 4.69) is 76.5 Å². The number of hydrogen-bond donors (Lipinski definition) is 1. The average Bonchev–Trinajstić information content (AvgIpc) is 2.74. The minimum Gasteiger partial charge on any atom is -0.487 e. The second-order valence-electron chi connectivity index (χ2n) is 8.36. The molecule has 0 spiro atoms. The molecule has 1 N–H and O–H groups in total. The summed E-state index contributed by atoms with van der Waals surface area (Å²) in [4.78, 5) is 12.4. The molecule has 0 saturated carbocycles.